The summed E-state index contributed by atoms with van der Waals surface area (Å²) in [4.78, 5) is 12.2. The first-order valence-corrected chi connectivity index (χ1v) is 9.27. The second-order valence-electron chi connectivity index (χ2n) is 5.00. The Bertz CT molecular complexity index is 858. The van der Waals surface area contributed by atoms with E-state index in [0.29, 0.717) is 10.7 Å². The second-order valence-corrected chi connectivity index (χ2v) is 7.20. The Morgan fingerprint density at radius 2 is 1.85 bits per heavy atom. The molecule has 2 aromatic carbocycles. The van der Waals surface area contributed by atoms with Crippen molar-refractivity contribution in [3.8, 4) is 5.75 Å². The molecule has 0 fully saturated rings. The number of rotatable bonds is 7. The summed E-state index contributed by atoms with van der Waals surface area (Å²) in [7, 11) is 0. The lowest BCUT2D eigenvalue weighted by molar-refractivity contribution is -0.0498. The summed E-state index contributed by atoms with van der Waals surface area (Å²) in [5, 5.41) is 11.0. The number of ether oxygens (including phenoxy) is 1. The minimum absolute atomic E-state index is 0.00735. The van der Waals surface area contributed by atoms with Crippen LogP contribution in [0.5, 0.6) is 5.75 Å². The van der Waals surface area contributed by atoms with E-state index in [4.69, 9.17) is 0 Å². The number of carbonyl (C=O) groups excluding carboxylic acids is 1. The van der Waals surface area contributed by atoms with Crippen LogP contribution in [0.4, 0.5) is 13.9 Å². The van der Waals surface area contributed by atoms with Gasteiger partial charge >= 0.3 is 6.61 Å². The molecule has 26 heavy (non-hydrogen) atoms. The highest BCUT2D eigenvalue weighted by Gasteiger charge is 2.12. The molecule has 0 aliphatic carbocycles. The van der Waals surface area contributed by atoms with Gasteiger partial charge in [0.15, 0.2) is 4.34 Å². The van der Waals surface area contributed by atoms with Gasteiger partial charge in [-0.15, -0.1) is 10.2 Å². The van der Waals surface area contributed by atoms with Gasteiger partial charge in [-0.25, -0.2) is 0 Å². The average molecular weight is 393 g/mol. The number of hydrogen-bond acceptors (Lipinski definition) is 6. The summed E-state index contributed by atoms with van der Waals surface area (Å²) in [6, 6.07) is 15.4. The summed E-state index contributed by atoms with van der Waals surface area (Å²) < 4.78 is 29.2. The maximum absolute atomic E-state index is 12.2. The number of amides is 1. The second kappa shape index (κ2) is 8.72. The first-order chi connectivity index (χ1) is 12.6. The zero-order valence-electron chi connectivity index (χ0n) is 13.3. The van der Waals surface area contributed by atoms with E-state index in [1.807, 2.05) is 30.3 Å². The minimum atomic E-state index is -2.90. The van der Waals surface area contributed by atoms with Crippen molar-refractivity contribution in [2.75, 3.05) is 5.32 Å². The molecule has 134 valence electrons. The van der Waals surface area contributed by atoms with E-state index < -0.39 is 12.5 Å². The molecule has 0 aliphatic heterocycles. The van der Waals surface area contributed by atoms with Crippen molar-refractivity contribution >= 4 is 34.1 Å². The molecule has 3 aromatic rings. The number of hydrogen-bond donors (Lipinski definition) is 1. The van der Waals surface area contributed by atoms with Crippen molar-refractivity contribution in [1.29, 1.82) is 0 Å². The predicted molar refractivity (Wildman–Crippen MR) is 96.9 cm³/mol. The third-order valence-corrected chi connectivity index (χ3v) is 5.22. The Morgan fingerprint density at radius 1 is 1.12 bits per heavy atom. The molecule has 0 bridgehead atoms. The Labute approximate surface area is 156 Å². The Balaban J connectivity index is 1.55. The zero-order valence-corrected chi connectivity index (χ0v) is 14.9. The highest BCUT2D eigenvalue weighted by molar-refractivity contribution is 8.00. The highest BCUT2D eigenvalue weighted by atomic mass is 32.2. The number of anilines is 1. The molecule has 9 heteroatoms. The lowest BCUT2D eigenvalue weighted by atomic mass is 10.2. The molecule has 0 unspecified atom stereocenters. The number of alkyl halides is 2. The summed E-state index contributed by atoms with van der Waals surface area (Å²) in [5.74, 6) is 0.353. The van der Waals surface area contributed by atoms with Gasteiger partial charge < -0.3 is 4.74 Å². The van der Waals surface area contributed by atoms with E-state index in [2.05, 4.69) is 20.3 Å². The van der Waals surface area contributed by atoms with Crippen molar-refractivity contribution in [2.45, 2.75) is 16.7 Å². The number of aromatic nitrogens is 2. The van der Waals surface area contributed by atoms with Gasteiger partial charge in [0.05, 0.1) is 0 Å². The third kappa shape index (κ3) is 5.24. The van der Waals surface area contributed by atoms with Gasteiger partial charge in [-0.2, -0.15) is 8.78 Å². The van der Waals surface area contributed by atoms with Crippen molar-refractivity contribution in [3.63, 3.8) is 0 Å². The van der Waals surface area contributed by atoms with E-state index in [1.54, 1.807) is 0 Å². The van der Waals surface area contributed by atoms with Crippen LogP contribution in [0.2, 0.25) is 0 Å². The van der Waals surface area contributed by atoms with Crippen molar-refractivity contribution < 1.29 is 18.3 Å². The van der Waals surface area contributed by atoms with Crippen LogP contribution in [-0.2, 0) is 5.75 Å². The number of benzene rings is 2. The molecule has 0 saturated heterocycles. The van der Waals surface area contributed by atoms with Crippen LogP contribution in [0.25, 0.3) is 0 Å². The van der Waals surface area contributed by atoms with Gasteiger partial charge in [-0.1, -0.05) is 53.4 Å². The molecule has 0 atom stereocenters. The molecular formula is C17H13F2N3O2S2. The van der Waals surface area contributed by atoms with Crippen LogP contribution in [0.1, 0.15) is 15.9 Å². The van der Waals surface area contributed by atoms with Gasteiger partial charge in [-0.05, 0) is 29.8 Å². The predicted octanol–water partition coefficient (Wildman–Crippen LogP) is 4.68. The molecule has 0 spiro atoms. The first kappa shape index (κ1) is 18.3. The smallest absolute Gasteiger partial charge is 0.387 e. The molecule has 1 heterocycles. The van der Waals surface area contributed by atoms with Crippen LogP contribution < -0.4 is 10.1 Å². The lowest BCUT2D eigenvalue weighted by Gasteiger charge is -2.05. The number of thioether (sulfide) groups is 1. The van der Waals surface area contributed by atoms with Crippen LogP contribution >= 0.6 is 23.1 Å². The van der Waals surface area contributed by atoms with Gasteiger partial charge in [0, 0.05) is 11.3 Å². The lowest BCUT2D eigenvalue weighted by Crippen LogP contribution is -2.11. The van der Waals surface area contributed by atoms with E-state index in [9.17, 15) is 13.6 Å². The standard InChI is InChI=1S/C17H13F2N3O2S2/c18-15(19)24-13-8-6-12(7-9-13)14(23)20-16-21-22-17(26-16)25-10-11-4-2-1-3-5-11/h1-9,15H,10H2,(H,20,21,23). The fourth-order valence-electron chi connectivity index (χ4n) is 1.99. The Hall–Kier alpha value is -2.52. The number of halogens is 2. The van der Waals surface area contributed by atoms with Crippen LogP contribution in [-0.4, -0.2) is 22.7 Å². The van der Waals surface area contributed by atoms with Gasteiger partial charge in [0.2, 0.25) is 5.13 Å². The van der Waals surface area contributed by atoms with Crippen LogP contribution in [0.15, 0.2) is 58.9 Å². The summed E-state index contributed by atoms with van der Waals surface area (Å²) >= 11 is 2.80. The topological polar surface area (TPSA) is 64.1 Å². The largest absolute Gasteiger partial charge is 0.435 e. The quantitative estimate of drug-likeness (QED) is 0.466. The SMILES string of the molecule is O=C(Nc1nnc(SCc2ccccc2)s1)c1ccc(OC(F)F)cc1. The molecule has 0 radical (unpaired) electrons. The third-order valence-electron chi connectivity index (χ3n) is 3.17. The van der Waals surface area contributed by atoms with Crippen LogP contribution in [0.3, 0.4) is 0 Å². The molecule has 0 aliphatic rings. The van der Waals surface area contributed by atoms with Crippen molar-refractivity contribution in [1.82, 2.24) is 10.2 Å². The highest BCUT2D eigenvalue weighted by Crippen LogP contribution is 2.28. The molecule has 1 N–H and O–H groups in total. The van der Waals surface area contributed by atoms with Crippen molar-refractivity contribution in [2.24, 2.45) is 0 Å². The Morgan fingerprint density at radius 3 is 2.54 bits per heavy atom. The first-order valence-electron chi connectivity index (χ1n) is 7.46. The fourth-order valence-corrected chi connectivity index (χ4v) is 3.70. The summed E-state index contributed by atoms with van der Waals surface area (Å²) in [6.07, 6.45) is 0. The number of carbonyl (C=O) groups is 1. The molecule has 0 saturated carbocycles. The molecule has 5 nitrogen and oxygen atoms in total. The number of nitrogens with one attached hydrogen (secondary N) is 1. The average Bonchev–Trinajstić information content (AvgIpc) is 3.08. The summed E-state index contributed by atoms with van der Waals surface area (Å²) in [5.41, 5.74) is 1.48. The van der Waals surface area contributed by atoms with Crippen LogP contribution in [0, 0.1) is 0 Å². The maximum Gasteiger partial charge on any atom is 0.387 e. The van der Waals surface area contributed by atoms with Crippen molar-refractivity contribution in [3.05, 3.63) is 65.7 Å². The molecule has 1 amide bonds. The minimum Gasteiger partial charge on any atom is -0.435 e. The number of nitrogens with zero attached hydrogens (tertiary/aromatic N) is 2. The molecule has 1 aromatic heterocycles. The summed E-state index contributed by atoms with van der Waals surface area (Å²) in [6.45, 7) is -2.90. The Kier molecular flexibility index (Phi) is 6.13. The molecular weight excluding hydrogens is 380 g/mol. The van der Waals surface area contributed by atoms with E-state index >= 15 is 0 Å². The van der Waals surface area contributed by atoms with Gasteiger partial charge in [0.1, 0.15) is 5.75 Å². The van der Waals surface area contributed by atoms with Gasteiger partial charge in [-0.3, -0.25) is 10.1 Å². The monoisotopic (exact) mass is 393 g/mol. The zero-order chi connectivity index (χ0) is 18.4. The molecule has 3 rings (SSSR count). The fraction of sp³-hybridized carbons (Fsp3) is 0.118. The normalized spacial score (nSPS) is 10.7. The maximum atomic E-state index is 12.2. The van der Waals surface area contributed by atoms with E-state index in [-0.39, 0.29) is 5.75 Å². The van der Waals surface area contributed by atoms with E-state index in [1.165, 1.54) is 52.9 Å². The van der Waals surface area contributed by atoms with Gasteiger partial charge in [0.25, 0.3) is 5.91 Å². The van der Waals surface area contributed by atoms with E-state index in [0.717, 1.165) is 10.1 Å².